The molecule has 0 radical (unpaired) electrons. The summed E-state index contributed by atoms with van der Waals surface area (Å²) in [6.45, 7) is 2.58. The number of imide groups is 1. The molecule has 0 spiro atoms. The number of hydrogen-bond acceptors (Lipinski definition) is 5. The van der Waals surface area contributed by atoms with Gasteiger partial charge in [0.05, 0.1) is 18.0 Å². The third kappa shape index (κ3) is 3.92. The van der Waals surface area contributed by atoms with Crippen LogP contribution >= 0.6 is 11.8 Å². The number of carbonyl (C=O) groups is 2. The van der Waals surface area contributed by atoms with Crippen LogP contribution < -0.4 is 10.1 Å². The first-order valence-corrected chi connectivity index (χ1v) is 9.25. The zero-order valence-electron chi connectivity index (χ0n) is 13.8. The lowest BCUT2D eigenvalue weighted by atomic mass is 9.74. The second-order valence-corrected chi connectivity index (χ2v) is 8.11. The Hall–Kier alpha value is -1.53. The summed E-state index contributed by atoms with van der Waals surface area (Å²) in [6.07, 6.45) is 4.27. The summed E-state index contributed by atoms with van der Waals surface area (Å²) in [5, 5.41) is 11.9. The molecule has 2 fully saturated rings. The molecule has 24 heavy (non-hydrogen) atoms. The van der Waals surface area contributed by atoms with E-state index in [0.29, 0.717) is 13.0 Å². The van der Waals surface area contributed by atoms with Crippen molar-refractivity contribution >= 4 is 22.9 Å². The molecule has 6 heteroatoms. The zero-order chi connectivity index (χ0) is 17.2. The molecule has 3 unspecified atom stereocenters. The van der Waals surface area contributed by atoms with E-state index >= 15 is 0 Å². The number of benzene rings is 1. The Kier molecular flexibility index (Phi) is 5.15. The number of carbonyl (C=O) groups excluding carboxylic acids is 2. The van der Waals surface area contributed by atoms with E-state index < -0.39 is 0 Å². The van der Waals surface area contributed by atoms with Crippen LogP contribution in [0.4, 0.5) is 4.79 Å². The van der Waals surface area contributed by atoms with E-state index in [4.69, 9.17) is 4.74 Å². The van der Waals surface area contributed by atoms with Gasteiger partial charge in [0, 0.05) is 5.41 Å². The van der Waals surface area contributed by atoms with Crippen molar-refractivity contribution in [1.29, 1.82) is 0 Å². The summed E-state index contributed by atoms with van der Waals surface area (Å²) in [7, 11) is 0. The van der Waals surface area contributed by atoms with Gasteiger partial charge in [-0.05, 0) is 37.0 Å². The first kappa shape index (κ1) is 17.3. The van der Waals surface area contributed by atoms with Gasteiger partial charge >= 0.3 is 0 Å². The zero-order valence-corrected chi connectivity index (χ0v) is 14.6. The van der Waals surface area contributed by atoms with Crippen LogP contribution in [0.1, 0.15) is 38.2 Å². The molecule has 130 valence electrons. The largest absolute Gasteiger partial charge is 0.493 e. The van der Waals surface area contributed by atoms with Crippen LogP contribution in [-0.4, -0.2) is 34.2 Å². The fourth-order valence-electron chi connectivity index (χ4n) is 3.26. The lowest BCUT2D eigenvalue weighted by Crippen LogP contribution is -2.40. The Morgan fingerprint density at radius 1 is 1.29 bits per heavy atom. The summed E-state index contributed by atoms with van der Waals surface area (Å²) >= 11 is 1.04. The predicted octanol–water partition coefficient (Wildman–Crippen LogP) is 2.90. The summed E-state index contributed by atoms with van der Waals surface area (Å²) in [5.74, 6) is 0.543. The van der Waals surface area contributed by atoms with E-state index in [-0.39, 0.29) is 27.9 Å². The SMILES string of the molecule is CC1(COc2ccc(CC3SC(=O)NC3=O)cc2)CCCCC1O. The molecule has 0 bridgehead atoms. The van der Waals surface area contributed by atoms with Crippen LogP contribution in [0, 0.1) is 5.41 Å². The van der Waals surface area contributed by atoms with E-state index in [1.54, 1.807) is 0 Å². The lowest BCUT2D eigenvalue weighted by molar-refractivity contribution is -0.118. The van der Waals surface area contributed by atoms with Crippen molar-refractivity contribution in [2.24, 2.45) is 5.41 Å². The fraction of sp³-hybridized carbons (Fsp3) is 0.556. The third-order valence-corrected chi connectivity index (χ3v) is 5.94. The second-order valence-electron chi connectivity index (χ2n) is 6.94. The number of rotatable bonds is 5. The monoisotopic (exact) mass is 349 g/mol. The van der Waals surface area contributed by atoms with Gasteiger partial charge in [-0.1, -0.05) is 43.7 Å². The van der Waals surface area contributed by atoms with Gasteiger partial charge in [-0.2, -0.15) is 0 Å². The molecule has 2 N–H and O–H groups in total. The Labute approximate surface area is 146 Å². The fourth-order valence-corrected chi connectivity index (χ4v) is 4.12. The minimum absolute atomic E-state index is 0.185. The minimum Gasteiger partial charge on any atom is -0.493 e. The van der Waals surface area contributed by atoms with Crippen molar-refractivity contribution in [1.82, 2.24) is 5.32 Å². The van der Waals surface area contributed by atoms with E-state index in [0.717, 1.165) is 48.8 Å². The molecule has 3 atom stereocenters. The minimum atomic E-state index is -0.347. The van der Waals surface area contributed by atoms with Gasteiger partial charge < -0.3 is 9.84 Å². The van der Waals surface area contributed by atoms with Crippen molar-refractivity contribution in [3.05, 3.63) is 29.8 Å². The highest BCUT2D eigenvalue weighted by Gasteiger charge is 2.36. The summed E-state index contributed by atoms with van der Waals surface area (Å²) in [6, 6.07) is 7.61. The highest BCUT2D eigenvalue weighted by atomic mass is 32.2. The molecule has 2 aliphatic rings. The van der Waals surface area contributed by atoms with Gasteiger partial charge in [0.1, 0.15) is 5.75 Å². The lowest BCUT2D eigenvalue weighted by Gasteiger charge is -2.38. The summed E-state index contributed by atoms with van der Waals surface area (Å²) < 4.78 is 5.88. The molecule has 0 aromatic heterocycles. The number of hydrogen-bond donors (Lipinski definition) is 2. The van der Waals surface area contributed by atoms with Gasteiger partial charge in [0.15, 0.2) is 0 Å². The first-order valence-electron chi connectivity index (χ1n) is 8.37. The average Bonchev–Trinajstić information content (AvgIpc) is 2.87. The Bertz CT molecular complexity index is 618. The molecule has 1 aliphatic carbocycles. The van der Waals surface area contributed by atoms with Crippen LogP contribution in [0.25, 0.3) is 0 Å². The van der Waals surface area contributed by atoms with Gasteiger partial charge in [0.25, 0.3) is 5.24 Å². The highest BCUT2D eigenvalue weighted by Crippen LogP contribution is 2.36. The first-order chi connectivity index (χ1) is 11.5. The van der Waals surface area contributed by atoms with Crippen LogP contribution in [0.2, 0.25) is 0 Å². The molecule has 1 heterocycles. The molecule has 1 aromatic rings. The van der Waals surface area contributed by atoms with Crippen molar-refractivity contribution in [3.8, 4) is 5.75 Å². The maximum absolute atomic E-state index is 11.6. The number of aliphatic hydroxyl groups is 1. The van der Waals surface area contributed by atoms with E-state index in [1.807, 2.05) is 24.3 Å². The van der Waals surface area contributed by atoms with Crippen molar-refractivity contribution < 1.29 is 19.4 Å². The molecule has 1 saturated carbocycles. The standard InChI is InChI=1S/C18H23NO4S/c1-18(9-3-2-4-15(18)20)11-23-13-7-5-12(6-8-13)10-14-16(21)19-17(22)24-14/h5-8,14-15,20H,2-4,9-11H2,1H3,(H,19,21,22). The quantitative estimate of drug-likeness (QED) is 0.855. The number of aliphatic hydroxyl groups excluding tert-OH is 1. The summed E-state index contributed by atoms with van der Waals surface area (Å²) in [5.41, 5.74) is 0.809. The smallest absolute Gasteiger partial charge is 0.286 e. The number of nitrogens with one attached hydrogen (secondary N) is 1. The van der Waals surface area contributed by atoms with Crippen LogP contribution in [-0.2, 0) is 11.2 Å². The van der Waals surface area contributed by atoms with Gasteiger partial charge in [0.2, 0.25) is 5.91 Å². The third-order valence-electron chi connectivity index (χ3n) is 4.96. The van der Waals surface area contributed by atoms with E-state index in [1.165, 1.54) is 0 Å². The Morgan fingerprint density at radius 2 is 2.04 bits per heavy atom. The predicted molar refractivity (Wildman–Crippen MR) is 93.1 cm³/mol. The average molecular weight is 349 g/mol. The van der Waals surface area contributed by atoms with Gasteiger partial charge in [-0.25, -0.2) is 0 Å². The molecule has 2 amide bonds. The Balaban J connectivity index is 1.55. The molecule has 1 aliphatic heterocycles. The number of amides is 2. The topological polar surface area (TPSA) is 75.6 Å². The molecule has 1 saturated heterocycles. The van der Waals surface area contributed by atoms with Crippen LogP contribution in [0.3, 0.4) is 0 Å². The molecular formula is C18H23NO4S. The normalized spacial score (nSPS) is 30.2. The van der Waals surface area contributed by atoms with Crippen LogP contribution in [0.5, 0.6) is 5.75 Å². The molecular weight excluding hydrogens is 326 g/mol. The highest BCUT2D eigenvalue weighted by molar-refractivity contribution is 8.15. The van der Waals surface area contributed by atoms with Crippen molar-refractivity contribution in [2.45, 2.75) is 50.4 Å². The van der Waals surface area contributed by atoms with Gasteiger partial charge in [-0.3, -0.25) is 14.9 Å². The van der Waals surface area contributed by atoms with Gasteiger partial charge in [-0.15, -0.1) is 0 Å². The molecule has 1 aromatic carbocycles. The maximum atomic E-state index is 11.6. The molecule has 5 nitrogen and oxygen atoms in total. The van der Waals surface area contributed by atoms with E-state index in [9.17, 15) is 14.7 Å². The van der Waals surface area contributed by atoms with Crippen molar-refractivity contribution in [3.63, 3.8) is 0 Å². The summed E-state index contributed by atoms with van der Waals surface area (Å²) in [4.78, 5) is 22.8. The molecule has 3 rings (SSSR count). The van der Waals surface area contributed by atoms with Crippen molar-refractivity contribution in [2.75, 3.05) is 6.61 Å². The number of thioether (sulfide) groups is 1. The Morgan fingerprint density at radius 3 is 2.67 bits per heavy atom. The van der Waals surface area contributed by atoms with Crippen LogP contribution in [0.15, 0.2) is 24.3 Å². The second kappa shape index (κ2) is 7.15. The van der Waals surface area contributed by atoms with E-state index in [2.05, 4.69) is 12.2 Å². The number of ether oxygens (including phenoxy) is 1. The maximum Gasteiger partial charge on any atom is 0.286 e.